The standard InChI is InChI=1S/C45H56N8O8/c1-9-24(5)52(43(56)38(23(3)4)51-45(58)60-8)25(6)40-46-20-35(48-40)27-11-14-30-28(17-27)22-61-37-19-31-26(18-32(30)37)12-15-34-39(31)50-41(47-34)36-16-13-29(21-54)53(36)42(55)33(10-2)49-44(57)59-7/h11-12,14-15,17-20,23-25,29,33,36,38,54H,9-10,13,16,21-22H2,1-8H3,(H,46,48)(H,47,50)(H,49,57)(H,51,58). The van der Waals surface area contributed by atoms with E-state index in [1.54, 1.807) is 16.0 Å². The summed E-state index contributed by atoms with van der Waals surface area (Å²) in [6.07, 6.45) is 2.71. The number of H-pyrrole nitrogens is 2. The number of nitrogens with zero attached hydrogens (tertiary/aromatic N) is 4. The minimum Gasteiger partial charge on any atom is -0.488 e. The molecule has 2 aliphatic rings. The van der Waals surface area contributed by atoms with E-state index in [2.05, 4.69) is 38.8 Å². The van der Waals surface area contributed by atoms with E-state index in [1.807, 2.05) is 65.8 Å². The van der Waals surface area contributed by atoms with E-state index in [0.29, 0.717) is 43.9 Å². The third-order valence-electron chi connectivity index (χ3n) is 12.3. The van der Waals surface area contributed by atoms with Crippen LogP contribution in [-0.2, 0) is 25.7 Å². The normalized spacial score (nSPS) is 17.8. The van der Waals surface area contributed by atoms with Crippen molar-refractivity contribution in [2.24, 2.45) is 5.92 Å². The first kappa shape index (κ1) is 42.9. The van der Waals surface area contributed by atoms with Crippen LogP contribution in [0.5, 0.6) is 5.75 Å². The van der Waals surface area contributed by atoms with Crippen molar-refractivity contribution in [3.05, 3.63) is 65.9 Å². The fourth-order valence-electron chi connectivity index (χ4n) is 8.69. The highest BCUT2D eigenvalue weighted by Crippen LogP contribution is 2.43. The summed E-state index contributed by atoms with van der Waals surface area (Å²) < 4.78 is 16.0. The average Bonchev–Trinajstić information content (AvgIpc) is 4.05. The maximum Gasteiger partial charge on any atom is 0.407 e. The summed E-state index contributed by atoms with van der Waals surface area (Å²) in [5, 5.41) is 17.4. The van der Waals surface area contributed by atoms with Crippen LogP contribution in [0.4, 0.5) is 9.59 Å². The number of aliphatic hydroxyl groups excluding tert-OH is 1. The lowest BCUT2D eigenvalue weighted by Gasteiger charge is -2.37. The molecule has 0 aliphatic carbocycles. The van der Waals surface area contributed by atoms with Crippen LogP contribution in [0.2, 0.25) is 0 Å². The largest absolute Gasteiger partial charge is 0.488 e. The first-order valence-corrected chi connectivity index (χ1v) is 21.0. The van der Waals surface area contributed by atoms with Crippen molar-refractivity contribution in [3.63, 3.8) is 0 Å². The summed E-state index contributed by atoms with van der Waals surface area (Å²) in [6.45, 7) is 11.7. The molecule has 0 radical (unpaired) electrons. The molecular weight excluding hydrogens is 781 g/mol. The Morgan fingerprint density at radius 3 is 2.39 bits per heavy atom. The highest BCUT2D eigenvalue weighted by atomic mass is 16.5. The Bertz CT molecular complexity index is 2440. The van der Waals surface area contributed by atoms with Crippen LogP contribution in [0, 0.1) is 5.92 Å². The molecule has 5 N–H and O–H groups in total. The molecule has 4 amide bonds. The van der Waals surface area contributed by atoms with Gasteiger partial charge in [-0.15, -0.1) is 0 Å². The van der Waals surface area contributed by atoms with Crippen molar-refractivity contribution in [1.29, 1.82) is 0 Å². The van der Waals surface area contributed by atoms with Crippen molar-refractivity contribution in [2.45, 2.75) is 110 Å². The van der Waals surface area contributed by atoms with Crippen LogP contribution >= 0.6 is 0 Å². The van der Waals surface area contributed by atoms with E-state index >= 15 is 0 Å². The van der Waals surface area contributed by atoms with Gasteiger partial charge >= 0.3 is 12.2 Å². The van der Waals surface area contributed by atoms with Gasteiger partial charge in [0.25, 0.3) is 0 Å². The number of alkyl carbamates (subject to hydrolysis) is 2. The van der Waals surface area contributed by atoms with Gasteiger partial charge in [0.2, 0.25) is 11.8 Å². The molecule has 1 fully saturated rings. The number of amides is 4. The van der Waals surface area contributed by atoms with Crippen LogP contribution in [0.3, 0.4) is 0 Å². The Kier molecular flexibility index (Phi) is 12.5. The van der Waals surface area contributed by atoms with Gasteiger partial charge in [0.1, 0.15) is 36.1 Å². The molecule has 16 heteroatoms. The number of fused-ring (bicyclic) bond motifs is 6. The van der Waals surface area contributed by atoms with Gasteiger partial charge in [-0.2, -0.15) is 0 Å². The molecular formula is C45H56N8O8. The van der Waals surface area contributed by atoms with E-state index in [4.69, 9.17) is 24.2 Å². The van der Waals surface area contributed by atoms with E-state index < -0.39 is 42.4 Å². The van der Waals surface area contributed by atoms with Crippen molar-refractivity contribution in [2.75, 3.05) is 20.8 Å². The molecule has 3 aromatic carbocycles. The Labute approximate surface area is 354 Å². The quantitative estimate of drug-likeness (QED) is 0.0831. The maximum atomic E-state index is 14.0. The minimum absolute atomic E-state index is 0.121. The van der Waals surface area contributed by atoms with Crippen LogP contribution < -0.4 is 15.4 Å². The zero-order valence-corrected chi connectivity index (χ0v) is 36.0. The lowest BCUT2D eigenvalue weighted by molar-refractivity contribution is -0.139. The number of carbonyl (C=O) groups is 4. The van der Waals surface area contributed by atoms with Gasteiger partial charge in [-0.1, -0.05) is 45.9 Å². The molecule has 4 heterocycles. The number of methoxy groups -OCH3 is 2. The van der Waals surface area contributed by atoms with Crippen molar-refractivity contribution in [1.82, 2.24) is 40.4 Å². The number of aromatic amines is 2. The molecule has 0 spiro atoms. The summed E-state index contributed by atoms with van der Waals surface area (Å²) >= 11 is 0. The van der Waals surface area contributed by atoms with Gasteiger partial charge in [-0.25, -0.2) is 19.6 Å². The fourth-order valence-corrected chi connectivity index (χ4v) is 8.69. The minimum atomic E-state index is -0.805. The molecule has 6 unspecified atom stereocenters. The van der Waals surface area contributed by atoms with Crippen LogP contribution in [0.1, 0.15) is 96.5 Å². The SMILES string of the molecule is CCC(NC(=O)OC)C(=O)N1C(CO)CCC1c1nc2c(ccc3cc4c(cc32)OCc2cc(-c3cnc(C(C)N(C(=O)C(NC(=O)OC)C(C)C)C(C)CC)[nH]3)ccc2-4)[nH]1. The highest BCUT2D eigenvalue weighted by molar-refractivity contribution is 6.07. The number of aromatic nitrogens is 4. The van der Waals surface area contributed by atoms with Gasteiger partial charge in [-0.05, 0) is 91.8 Å². The smallest absolute Gasteiger partial charge is 0.407 e. The van der Waals surface area contributed by atoms with Crippen LogP contribution in [0.25, 0.3) is 44.2 Å². The molecule has 2 aromatic heterocycles. The number of aliphatic hydroxyl groups is 1. The number of benzene rings is 3. The molecule has 0 bridgehead atoms. The van der Waals surface area contributed by atoms with E-state index in [-0.39, 0.29) is 30.4 Å². The number of hydrogen-bond donors (Lipinski definition) is 5. The topological polar surface area (TPSA) is 204 Å². The van der Waals surface area contributed by atoms with Gasteiger partial charge in [-0.3, -0.25) is 9.59 Å². The molecule has 6 atom stereocenters. The molecule has 1 saturated heterocycles. The molecule has 0 saturated carbocycles. The molecule has 5 aromatic rings. The predicted molar refractivity (Wildman–Crippen MR) is 229 cm³/mol. The monoisotopic (exact) mass is 836 g/mol. The maximum absolute atomic E-state index is 14.0. The van der Waals surface area contributed by atoms with Gasteiger partial charge < -0.3 is 49.7 Å². The van der Waals surface area contributed by atoms with Crippen molar-refractivity contribution in [3.8, 4) is 28.1 Å². The molecule has 324 valence electrons. The number of rotatable bonds is 13. The Morgan fingerprint density at radius 1 is 0.951 bits per heavy atom. The summed E-state index contributed by atoms with van der Waals surface area (Å²) in [5.74, 6) is 1.32. The second-order valence-electron chi connectivity index (χ2n) is 16.3. The number of carbonyl (C=O) groups excluding carboxylic acids is 4. The molecule has 16 nitrogen and oxygen atoms in total. The van der Waals surface area contributed by atoms with E-state index in [9.17, 15) is 24.3 Å². The third-order valence-corrected chi connectivity index (χ3v) is 12.3. The van der Waals surface area contributed by atoms with Crippen molar-refractivity contribution < 1.29 is 38.5 Å². The highest BCUT2D eigenvalue weighted by Gasteiger charge is 2.42. The van der Waals surface area contributed by atoms with Gasteiger partial charge in [0, 0.05) is 17.0 Å². The summed E-state index contributed by atoms with van der Waals surface area (Å²) in [7, 11) is 2.54. The molecule has 7 rings (SSSR count). The van der Waals surface area contributed by atoms with Crippen LogP contribution in [-0.4, -0.2) is 104 Å². The molecule has 61 heavy (non-hydrogen) atoms. The summed E-state index contributed by atoms with van der Waals surface area (Å²) in [5.41, 5.74) is 6.30. The lowest BCUT2D eigenvalue weighted by atomic mass is 9.92. The zero-order chi connectivity index (χ0) is 43.7. The number of nitrogens with one attached hydrogen (secondary N) is 4. The van der Waals surface area contributed by atoms with E-state index in [1.165, 1.54) is 14.2 Å². The lowest BCUT2D eigenvalue weighted by Crippen LogP contribution is -2.54. The Balaban J connectivity index is 1.15. The number of ether oxygens (including phenoxy) is 3. The summed E-state index contributed by atoms with van der Waals surface area (Å²) in [4.78, 5) is 72.1. The van der Waals surface area contributed by atoms with Crippen molar-refractivity contribution >= 4 is 45.8 Å². The van der Waals surface area contributed by atoms with Crippen LogP contribution in [0.15, 0.2) is 48.7 Å². The molecule has 2 aliphatic heterocycles. The number of imidazole rings is 2. The summed E-state index contributed by atoms with van der Waals surface area (Å²) in [6, 6.07) is 11.5. The third kappa shape index (κ3) is 8.20. The predicted octanol–water partition coefficient (Wildman–Crippen LogP) is 6.89. The Hall–Kier alpha value is -6.16. The number of hydrogen-bond acceptors (Lipinski definition) is 10. The first-order valence-electron chi connectivity index (χ1n) is 21.0. The number of likely N-dealkylation sites (tertiary alicyclic amines) is 1. The fraction of sp³-hybridized carbons (Fsp3) is 0.467. The second kappa shape index (κ2) is 17.8. The first-order chi connectivity index (χ1) is 29.3. The average molecular weight is 837 g/mol. The zero-order valence-electron chi connectivity index (χ0n) is 36.0. The van der Waals surface area contributed by atoms with E-state index in [0.717, 1.165) is 55.5 Å². The van der Waals surface area contributed by atoms with Gasteiger partial charge in [0.15, 0.2) is 0 Å². The second-order valence-corrected chi connectivity index (χ2v) is 16.3. The Morgan fingerprint density at radius 2 is 1.70 bits per heavy atom. The van der Waals surface area contributed by atoms with Gasteiger partial charge in [0.05, 0.1) is 61.9 Å².